The molecule has 1 amide bonds. The molecular weight excluding hydrogens is 548 g/mol. The number of carbonyl (C=O) groups excluding carboxylic acids is 1. The summed E-state index contributed by atoms with van der Waals surface area (Å²) in [5.74, 6) is -0.112. The number of hydrogen-bond acceptors (Lipinski definition) is 6. The number of aromatic nitrogens is 4. The number of morpholine rings is 1. The van der Waals surface area contributed by atoms with E-state index < -0.39 is 0 Å². The molecule has 5 aromatic rings. The number of pyridine rings is 2. The van der Waals surface area contributed by atoms with Crippen molar-refractivity contribution in [1.29, 1.82) is 0 Å². The van der Waals surface area contributed by atoms with Crippen LogP contribution in [0.25, 0.3) is 44.7 Å². The van der Waals surface area contributed by atoms with E-state index in [-0.39, 0.29) is 5.91 Å². The molecule has 0 saturated carbocycles. The third-order valence-electron chi connectivity index (χ3n) is 9.72. The Labute approximate surface area is 257 Å². The lowest BCUT2D eigenvalue weighted by atomic mass is 9.87. The molecule has 3 aliphatic rings. The number of hydrogen-bond donors (Lipinski definition) is 1. The fraction of sp³-hybridized carbons (Fsp3) is 0.333. The predicted octanol–water partition coefficient (Wildman–Crippen LogP) is 5.78. The summed E-state index contributed by atoms with van der Waals surface area (Å²) in [6, 6.07) is 24.8. The van der Waals surface area contributed by atoms with Crippen LogP contribution in [0.15, 0.2) is 72.9 Å². The molecule has 2 unspecified atom stereocenters. The molecule has 3 aromatic heterocycles. The number of benzene rings is 2. The summed E-state index contributed by atoms with van der Waals surface area (Å²) in [4.78, 5) is 26.0. The first kappa shape index (κ1) is 27.2. The van der Waals surface area contributed by atoms with E-state index in [1.54, 1.807) is 20.2 Å². The lowest BCUT2D eigenvalue weighted by Crippen LogP contribution is -2.66. The second-order valence-electron chi connectivity index (χ2n) is 12.6. The van der Waals surface area contributed by atoms with Crippen LogP contribution in [0, 0.1) is 0 Å². The van der Waals surface area contributed by atoms with E-state index in [0.29, 0.717) is 29.5 Å². The largest absolute Gasteiger partial charge is 0.378 e. The number of carbonyl (C=O) groups is 1. The smallest absolute Gasteiger partial charge is 0.271 e. The van der Waals surface area contributed by atoms with Crippen molar-refractivity contribution < 1.29 is 9.53 Å². The van der Waals surface area contributed by atoms with E-state index in [0.717, 1.165) is 59.5 Å². The quantitative estimate of drug-likeness (QED) is 0.264. The summed E-state index contributed by atoms with van der Waals surface area (Å²) >= 11 is 0. The molecule has 44 heavy (non-hydrogen) atoms. The van der Waals surface area contributed by atoms with Gasteiger partial charge in [0.25, 0.3) is 5.91 Å². The van der Waals surface area contributed by atoms with Gasteiger partial charge in [-0.25, -0.2) is 9.97 Å². The summed E-state index contributed by atoms with van der Waals surface area (Å²) in [5.41, 5.74) is 10.1. The second kappa shape index (κ2) is 10.9. The molecule has 2 fully saturated rings. The number of H-pyrrole nitrogens is 1. The Kier molecular flexibility index (Phi) is 6.76. The monoisotopic (exact) mass is 584 g/mol. The molecule has 2 aliphatic heterocycles. The van der Waals surface area contributed by atoms with Gasteiger partial charge in [0.05, 0.1) is 24.6 Å². The number of ether oxygens (including phenoxy) is 1. The van der Waals surface area contributed by atoms with Crippen LogP contribution in [0.2, 0.25) is 0 Å². The minimum atomic E-state index is -0.112. The highest BCUT2D eigenvalue weighted by atomic mass is 16.5. The molecule has 0 spiro atoms. The highest BCUT2D eigenvalue weighted by molar-refractivity contribution is 5.94. The van der Waals surface area contributed by atoms with Crippen LogP contribution in [0.3, 0.4) is 0 Å². The average Bonchev–Trinajstić information content (AvgIpc) is 3.38. The molecule has 222 valence electrons. The normalized spacial score (nSPS) is 21.4. The van der Waals surface area contributed by atoms with Crippen LogP contribution in [-0.4, -0.2) is 81.3 Å². The standard InChI is InChI=1S/C36H36N6O2/c1-41(2)36(43)33-5-3-4-32(38-33)23-7-9-24(10-8-23)34-31-17-27(19-37-35(31)40-39-34)26-11-6-22-12-14-28(15-13-25(22)16-26)42-29-18-30(42)21-44-20-29/h3-11,16-17,19,28-30H,12-15,18,20-21H2,1-2H3,(H,37,39,40)/t28-,29?,30?/m0/s1. The zero-order valence-electron chi connectivity index (χ0n) is 25.2. The van der Waals surface area contributed by atoms with Crippen molar-refractivity contribution in [3.05, 3.63) is 89.7 Å². The molecule has 8 heteroatoms. The number of nitrogens with one attached hydrogen (secondary N) is 1. The Morgan fingerprint density at radius 3 is 2.39 bits per heavy atom. The number of fused-ring (bicyclic) bond motifs is 4. The first-order valence-corrected chi connectivity index (χ1v) is 15.6. The summed E-state index contributed by atoms with van der Waals surface area (Å²) in [5, 5.41) is 8.71. The number of amides is 1. The topological polar surface area (TPSA) is 87.2 Å². The van der Waals surface area contributed by atoms with Gasteiger partial charge in [-0.1, -0.05) is 48.5 Å². The molecule has 1 aliphatic carbocycles. The van der Waals surface area contributed by atoms with Gasteiger partial charge in [0, 0.05) is 60.5 Å². The molecule has 8 rings (SSSR count). The van der Waals surface area contributed by atoms with E-state index in [4.69, 9.17) is 9.72 Å². The molecule has 2 saturated heterocycles. The Bertz CT molecular complexity index is 1850. The zero-order valence-corrected chi connectivity index (χ0v) is 25.2. The van der Waals surface area contributed by atoms with Gasteiger partial charge < -0.3 is 9.64 Å². The van der Waals surface area contributed by atoms with Crippen molar-refractivity contribution in [3.8, 4) is 33.6 Å². The van der Waals surface area contributed by atoms with Crippen LogP contribution < -0.4 is 0 Å². The van der Waals surface area contributed by atoms with E-state index in [1.807, 2.05) is 30.5 Å². The molecule has 2 bridgehead atoms. The summed E-state index contributed by atoms with van der Waals surface area (Å²) < 4.78 is 5.74. The first-order valence-electron chi connectivity index (χ1n) is 15.6. The van der Waals surface area contributed by atoms with E-state index in [2.05, 4.69) is 56.5 Å². The Balaban J connectivity index is 1.04. The fourth-order valence-corrected chi connectivity index (χ4v) is 7.36. The molecule has 1 N–H and O–H groups in total. The SMILES string of the molecule is CN(C)C(=O)c1cccc(-c2ccc(-c3[nH]nc4ncc(-c5ccc6c(c5)CC[C@@H](N5C7COCC5C7)CC6)cc34)cc2)n1. The van der Waals surface area contributed by atoms with Crippen molar-refractivity contribution in [2.75, 3.05) is 27.3 Å². The van der Waals surface area contributed by atoms with Crippen LogP contribution >= 0.6 is 0 Å². The van der Waals surface area contributed by atoms with Gasteiger partial charge in [-0.15, -0.1) is 0 Å². The van der Waals surface area contributed by atoms with Crippen molar-refractivity contribution in [2.24, 2.45) is 0 Å². The second-order valence-corrected chi connectivity index (χ2v) is 12.6. The van der Waals surface area contributed by atoms with Gasteiger partial charge in [0.1, 0.15) is 5.69 Å². The number of aromatic amines is 1. The van der Waals surface area contributed by atoms with Gasteiger partial charge >= 0.3 is 0 Å². The Morgan fingerprint density at radius 1 is 0.864 bits per heavy atom. The fourth-order valence-electron chi connectivity index (χ4n) is 7.36. The third-order valence-corrected chi connectivity index (χ3v) is 9.72. The molecule has 8 nitrogen and oxygen atoms in total. The average molecular weight is 585 g/mol. The van der Waals surface area contributed by atoms with Gasteiger partial charge in [0.2, 0.25) is 0 Å². The Morgan fingerprint density at radius 2 is 1.61 bits per heavy atom. The van der Waals surface area contributed by atoms with Crippen molar-refractivity contribution >= 4 is 16.9 Å². The van der Waals surface area contributed by atoms with Crippen LogP contribution in [0.5, 0.6) is 0 Å². The van der Waals surface area contributed by atoms with Gasteiger partial charge in [0.15, 0.2) is 5.65 Å². The highest BCUT2D eigenvalue weighted by Crippen LogP contribution is 2.38. The lowest BCUT2D eigenvalue weighted by Gasteiger charge is -2.56. The summed E-state index contributed by atoms with van der Waals surface area (Å²) in [6.07, 6.45) is 7.96. The van der Waals surface area contributed by atoms with Crippen LogP contribution in [0.1, 0.15) is 40.9 Å². The Hall–Kier alpha value is -4.40. The zero-order chi connectivity index (χ0) is 29.8. The molecule has 3 atom stereocenters. The summed E-state index contributed by atoms with van der Waals surface area (Å²) in [6.45, 7) is 1.81. The van der Waals surface area contributed by atoms with Crippen molar-refractivity contribution in [1.82, 2.24) is 30.0 Å². The summed E-state index contributed by atoms with van der Waals surface area (Å²) in [7, 11) is 3.47. The van der Waals surface area contributed by atoms with Crippen LogP contribution in [-0.2, 0) is 17.6 Å². The predicted molar refractivity (Wildman–Crippen MR) is 171 cm³/mol. The molecule has 0 radical (unpaired) electrons. The van der Waals surface area contributed by atoms with Crippen LogP contribution in [0.4, 0.5) is 0 Å². The maximum Gasteiger partial charge on any atom is 0.271 e. The minimum Gasteiger partial charge on any atom is -0.378 e. The van der Waals surface area contributed by atoms with Gasteiger partial charge in [-0.3, -0.25) is 14.8 Å². The highest BCUT2D eigenvalue weighted by Gasteiger charge is 2.45. The maximum absolute atomic E-state index is 12.4. The van der Waals surface area contributed by atoms with Gasteiger partial charge in [-0.2, -0.15) is 5.10 Å². The molecular formula is C36H36N6O2. The van der Waals surface area contributed by atoms with E-state index >= 15 is 0 Å². The number of rotatable bonds is 5. The lowest BCUT2D eigenvalue weighted by molar-refractivity contribution is -0.148. The van der Waals surface area contributed by atoms with Gasteiger partial charge in [-0.05, 0) is 67.0 Å². The minimum absolute atomic E-state index is 0.112. The maximum atomic E-state index is 12.4. The van der Waals surface area contributed by atoms with Crippen molar-refractivity contribution in [2.45, 2.75) is 50.2 Å². The number of aryl methyl sites for hydroxylation is 2. The first-order chi connectivity index (χ1) is 21.5. The molecule has 5 heterocycles. The molecule has 2 aromatic carbocycles. The van der Waals surface area contributed by atoms with E-state index in [9.17, 15) is 4.79 Å². The third kappa shape index (κ3) is 4.78. The number of nitrogens with zero attached hydrogens (tertiary/aromatic N) is 5. The van der Waals surface area contributed by atoms with E-state index in [1.165, 1.54) is 40.9 Å². The van der Waals surface area contributed by atoms with Crippen molar-refractivity contribution in [3.63, 3.8) is 0 Å².